The van der Waals surface area contributed by atoms with Gasteiger partial charge in [0.1, 0.15) is 30.6 Å². The maximum absolute atomic E-state index is 12.7. The minimum atomic E-state index is -0.522. The second kappa shape index (κ2) is 13.1. The first-order chi connectivity index (χ1) is 17.0. The van der Waals surface area contributed by atoms with Gasteiger partial charge < -0.3 is 19.5 Å². The van der Waals surface area contributed by atoms with Gasteiger partial charge in [-0.1, -0.05) is 36.3 Å². The van der Waals surface area contributed by atoms with Crippen LogP contribution in [0.25, 0.3) is 6.08 Å². The molecule has 1 amide bonds. The van der Waals surface area contributed by atoms with Crippen LogP contribution >= 0.6 is 22.6 Å². The first kappa shape index (κ1) is 25.7. The Morgan fingerprint density at radius 1 is 1.09 bits per heavy atom. The van der Waals surface area contributed by atoms with Crippen molar-refractivity contribution in [2.75, 3.05) is 18.5 Å². The molecule has 0 radical (unpaired) electrons. The van der Waals surface area contributed by atoms with Gasteiger partial charge in [0.05, 0.1) is 10.2 Å². The zero-order valence-corrected chi connectivity index (χ0v) is 21.2. The van der Waals surface area contributed by atoms with E-state index in [-0.39, 0.29) is 12.2 Å². The van der Waals surface area contributed by atoms with E-state index in [0.29, 0.717) is 41.7 Å². The van der Waals surface area contributed by atoms with E-state index in [0.717, 1.165) is 9.13 Å². The predicted molar refractivity (Wildman–Crippen MR) is 144 cm³/mol. The smallest absolute Gasteiger partial charge is 0.266 e. The molecule has 176 valence electrons. The molecule has 0 aromatic heterocycles. The van der Waals surface area contributed by atoms with E-state index in [4.69, 9.17) is 20.6 Å². The number of carbonyl (C=O) groups excluding carboxylic acids is 1. The number of terminal acetylenes is 1. The number of amides is 1. The van der Waals surface area contributed by atoms with Gasteiger partial charge in [-0.3, -0.25) is 4.79 Å². The highest BCUT2D eigenvalue weighted by Gasteiger charge is 2.14. The Balaban J connectivity index is 1.70. The number of ether oxygens (including phenoxy) is 3. The van der Waals surface area contributed by atoms with Gasteiger partial charge in [-0.25, -0.2) is 0 Å². The number of carbonyl (C=O) groups is 1. The molecule has 0 aliphatic heterocycles. The van der Waals surface area contributed by atoms with Crippen molar-refractivity contribution in [3.8, 4) is 35.7 Å². The van der Waals surface area contributed by atoms with Gasteiger partial charge in [0.2, 0.25) is 0 Å². The molecule has 0 unspecified atom stereocenters. The third-order valence-corrected chi connectivity index (χ3v) is 5.47. The summed E-state index contributed by atoms with van der Waals surface area (Å²) >= 11 is 2.10. The Morgan fingerprint density at radius 3 is 2.49 bits per heavy atom. The Bertz CT molecular complexity index is 1270. The molecule has 3 rings (SSSR count). The fourth-order valence-corrected chi connectivity index (χ4v) is 3.86. The van der Waals surface area contributed by atoms with Gasteiger partial charge in [-0.2, -0.15) is 5.26 Å². The summed E-state index contributed by atoms with van der Waals surface area (Å²) in [6, 6.07) is 22.3. The van der Waals surface area contributed by atoms with Crippen LogP contribution in [0.15, 0.2) is 72.3 Å². The lowest BCUT2D eigenvalue weighted by atomic mass is 10.1. The zero-order valence-electron chi connectivity index (χ0n) is 19.1. The van der Waals surface area contributed by atoms with E-state index >= 15 is 0 Å². The van der Waals surface area contributed by atoms with Gasteiger partial charge in [0.25, 0.3) is 5.91 Å². The molecule has 35 heavy (non-hydrogen) atoms. The molecule has 6 nitrogen and oxygen atoms in total. The molecule has 0 atom stereocenters. The molecule has 0 spiro atoms. The molecule has 0 heterocycles. The molecule has 3 aromatic rings. The minimum Gasteiger partial charge on any atom is -0.490 e. The number of hydrogen-bond donors (Lipinski definition) is 1. The van der Waals surface area contributed by atoms with Crippen LogP contribution in [0.5, 0.6) is 17.2 Å². The highest BCUT2D eigenvalue weighted by Crippen LogP contribution is 2.35. The molecule has 0 aliphatic rings. The fourth-order valence-electron chi connectivity index (χ4n) is 3.08. The minimum absolute atomic E-state index is 0.0510. The van der Waals surface area contributed by atoms with Gasteiger partial charge in [-0.05, 0) is 83.1 Å². The SMILES string of the molecule is C#CCOc1c(I)cc(/C=C(\C#N)C(=O)Nc2ccc(OCc3ccccc3)cc2)cc1OCC. The first-order valence-electron chi connectivity index (χ1n) is 10.8. The van der Waals surface area contributed by atoms with Crippen LogP contribution in [0.1, 0.15) is 18.1 Å². The summed E-state index contributed by atoms with van der Waals surface area (Å²) in [6.07, 6.45) is 6.80. The van der Waals surface area contributed by atoms with Crippen molar-refractivity contribution in [1.82, 2.24) is 0 Å². The van der Waals surface area contributed by atoms with Gasteiger partial charge in [0.15, 0.2) is 11.5 Å². The summed E-state index contributed by atoms with van der Waals surface area (Å²) in [5.41, 5.74) is 2.18. The number of halogens is 1. The van der Waals surface area contributed by atoms with Crippen LogP contribution in [-0.4, -0.2) is 19.1 Å². The van der Waals surface area contributed by atoms with Crippen molar-refractivity contribution in [3.63, 3.8) is 0 Å². The number of nitrogens with zero attached hydrogens (tertiary/aromatic N) is 1. The normalized spacial score (nSPS) is 10.6. The van der Waals surface area contributed by atoms with Crippen LogP contribution in [0, 0.1) is 27.2 Å². The van der Waals surface area contributed by atoms with E-state index in [2.05, 4.69) is 33.8 Å². The number of benzene rings is 3. The lowest BCUT2D eigenvalue weighted by molar-refractivity contribution is -0.112. The summed E-state index contributed by atoms with van der Waals surface area (Å²) in [5, 5.41) is 12.3. The molecular weight excluding hydrogens is 555 g/mol. The van der Waals surface area contributed by atoms with Gasteiger partial charge in [0, 0.05) is 5.69 Å². The van der Waals surface area contributed by atoms with Crippen molar-refractivity contribution in [2.24, 2.45) is 0 Å². The highest BCUT2D eigenvalue weighted by atomic mass is 127. The molecule has 0 bridgehead atoms. The maximum Gasteiger partial charge on any atom is 0.266 e. The predicted octanol–water partition coefficient (Wildman–Crippen LogP) is 5.83. The zero-order chi connectivity index (χ0) is 25.0. The number of nitrogens with one attached hydrogen (secondary N) is 1. The van der Waals surface area contributed by atoms with E-state index in [1.807, 2.05) is 43.3 Å². The molecule has 1 N–H and O–H groups in total. The monoisotopic (exact) mass is 578 g/mol. The van der Waals surface area contributed by atoms with Crippen LogP contribution in [0.3, 0.4) is 0 Å². The summed E-state index contributed by atoms with van der Waals surface area (Å²) in [4.78, 5) is 12.7. The topological polar surface area (TPSA) is 80.6 Å². The summed E-state index contributed by atoms with van der Waals surface area (Å²) in [6.45, 7) is 2.83. The van der Waals surface area contributed by atoms with E-state index < -0.39 is 5.91 Å². The third-order valence-electron chi connectivity index (χ3n) is 4.67. The van der Waals surface area contributed by atoms with Crippen molar-refractivity contribution in [1.29, 1.82) is 5.26 Å². The number of nitriles is 1. The van der Waals surface area contributed by atoms with Crippen LogP contribution in [0.2, 0.25) is 0 Å². The Labute approximate surface area is 218 Å². The molecule has 7 heteroatoms. The summed E-state index contributed by atoms with van der Waals surface area (Å²) < 4.78 is 17.8. The lowest BCUT2D eigenvalue weighted by Gasteiger charge is -2.13. The average molecular weight is 578 g/mol. The third kappa shape index (κ3) is 7.53. The Hall–Kier alpha value is -3.95. The molecule has 0 saturated carbocycles. The maximum atomic E-state index is 12.7. The highest BCUT2D eigenvalue weighted by molar-refractivity contribution is 14.1. The summed E-state index contributed by atoms with van der Waals surface area (Å²) in [7, 11) is 0. The van der Waals surface area contributed by atoms with Crippen molar-refractivity contribution in [2.45, 2.75) is 13.5 Å². The lowest BCUT2D eigenvalue weighted by Crippen LogP contribution is -2.13. The van der Waals surface area contributed by atoms with Crippen molar-refractivity contribution in [3.05, 3.63) is 87.0 Å². The van der Waals surface area contributed by atoms with Gasteiger partial charge >= 0.3 is 0 Å². The van der Waals surface area contributed by atoms with E-state index in [1.54, 1.807) is 36.4 Å². The molecule has 3 aromatic carbocycles. The Morgan fingerprint density at radius 2 is 1.83 bits per heavy atom. The molecule has 0 saturated heterocycles. The first-order valence-corrected chi connectivity index (χ1v) is 11.8. The second-order valence-corrected chi connectivity index (χ2v) is 8.34. The number of anilines is 1. The number of rotatable bonds is 10. The van der Waals surface area contributed by atoms with Crippen molar-refractivity contribution >= 4 is 40.3 Å². The fraction of sp³-hybridized carbons (Fsp3) is 0.143. The van der Waals surface area contributed by atoms with Crippen LogP contribution in [-0.2, 0) is 11.4 Å². The second-order valence-electron chi connectivity index (χ2n) is 7.18. The van der Waals surface area contributed by atoms with Gasteiger partial charge in [-0.15, -0.1) is 6.42 Å². The quantitative estimate of drug-likeness (QED) is 0.142. The Kier molecular flexibility index (Phi) is 9.58. The summed E-state index contributed by atoms with van der Waals surface area (Å²) in [5.74, 6) is 3.60. The molecular formula is C28H23IN2O4. The van der Waals surface area contributed by atoms with Crippen molar-refractivity contribution < 1.29 is 19.0 Å². The van der Waals surface area contributed by atoms with E-state index in [1.165, 1.54) is 6.08 Å². The standard InChI is InChI=1S/C28H23IN2O4/c1-3-14-34-27-25(29)16-21(17-26(27)33-4-2)15-22(18-30)28(32)31-23-10-12-24(13-11-23)35-19-20-8-6-5-7-9-20/h1,5-13,15-17H,4,14,19H2,2H3,(H,31,32)/b22-15+. The number of hydrogen-bond acceptors (Lipinski definition) is 5. The van der Waals surface area contributed by atoms with E-state index in [9.17, 15) is 10.1 Å². The largest absolute Gasteiger partial charge is 0.490 e. The van der Waals surface area contributed by atoms with Crippen LogP contribution < -0.4 is 19.5 Å². The molecule has 0 fully saturated rings. The average Bonchev–Trinajstić information content (AvgIpc) is 2.87. The van der Waals surface area contributed by atoms with Crippen LogP contribution in [0.4, 0.5) is 5.69 Å². The molecule has 0 aliphatic carbocycles.